The van der Waals surface area contributed by atoms with E-state index in [9.17, 15) is 19.1 Å². The van der Waals surface area contributed by atoms with Crippen molar-refractivity contribution in [1.29, 1.82) is 0 Å². The third kappa shape index (κ3) is 3.85. The molecule has 0 saturated carbocycles. The number of amides is 2. The summed E-state index contributed by atoms with van der Waals surface area (Å²) in [6, 6.07) is 15.1. The first-order chi connectivity index (χ1) is 12.0. The summed E-state index contributed by atoms with van der Waals surface area (Å²) in [6.45, 7) is 0.552. The summed E-state index contributed by atoms with van der Waals surface area (Å²) < 4.78 is 12.9. The van der Waals surface area contributed by atoms with Gasteiger partial charge in [-0.1, -0.05) is 42.5 Å². The highest BCUT2D eigenvalue weighted by molar-refractivity contribution is 6.06. The molecule has 5 nitrogen and oxygen atoms in total. The Morgan fingerprint density at radius 3 is 2.44 bits per heavy atom. The fraction of sp³-hybridized carbons (Fsp3) is 0.158. The molecule has 0 saturated heterocycles. The Morgan fingerprint density at radius 1 is 1.08 bits per heavy atom. The molecule has 2 amide bonds. The van der Waals surface area contributed by atoms with Gasteiger partial charge in [0, 0.05) is 13.1 Å². The first-order valence-electron chi connectivity index (χ1n) is 7.82. The Morgan fingerprint density at radius 2 is 1.76 bits per heavy atom. The van der Waals surface area contributed by atoms with Crippen molar-refractivity contribution in [3.05, 3.63) is 82.9 Å². The average molecular weight is 340 g/mol. The van der Waals surface area contributed by atoms with Crippen molar-refractivity contribution in [2.75, 3.05) is 6.54 Å². The summed E-state index contributed by atoms with van der Waals surface area (Å²) in [5.74, 6) is -1.94. The highest BCUT2D eigenvalue weighted by Crippen LogP contribution is 2.20. The van der Waals surface area contributed by atoms with Crippen molar-refractivity contribution < 1.29 is 19.1 Å². The van der Waals surface area contributed by atoms with E-state index in [2.05, 4.69) is 5.32 Å². The van der Waals surface area contributed by atoms with Crippen LogP contribution in [-0.4, -0.2) is 28.4 Å². The lowest BCUT2D eigenvalue weighted by atomic mass is 10.2. The van der Waals surface area contributed by atoms with Gasteiger partial charge in [-0.2, -0.15) is 0 Å². The van der Waals surface area contributed by atoms with Gasteiger partial charge in [-0.15, -0.1) is 0 Å². The van der Waals surface area contributed by atoms with Gasteiger partial charge in [-0.25, -0.2) is 4.39 Å². The van der Waals surface area contributed by atoms with Gasteiger partial charge < -0.3 is 15.3 Å². The normalized spacial score (nSPS) is 14.1. The third-order valence-corrected chi connectivity index (χ3v) is 3.98. The van der Waals surface area contributed by atoms with Crippen LogP contribution in [0.15, 0.2) is 65.9 Å². The molecule has 0 spiro atoms. The van der Waals surface area contributed by atoms with Crippen molar-refractivity contribution in [3.63, 3.8) is 0 Å². The summed E-state index contributed by atoms with van der Waals surface area (Å²) in [7, 11) is 0. The summed E-state index contributed by atoms with van der Waals surface area (Å²) in [5, 5.41) is 12.6. The number of hydrogen-bond acceptors (Lipinski definition) is 3. The van der Waals surface area contributed by atoms with Crippen LogP contribution in [0.1, 0.15) is 11.1 Å². The second kappa shape index (κ2) is 7.17. The maximum atomic E-state index is 12.9. The molecule has 3 rings (SSSR count). The first kappa shape index (κ1) is 16.7. The highest BCUT2D eigenvalue weighted by Gasteiger charge is 2.33. The van der Waals surface area contributed by atoms with Gasteiger partial charge >= 0.3 is 0 Å². The molecule has 1 aliphatic rings. The number of aliphatic hydroxyl groups excluding tert-OH is 1. The molecule has 2 aromatic rings. The standard InChI is InChI=1S/C19H17FN2O3/c20-15-8-6-13(7-9-15)10-21-18(24)16-12-22(19(25)17(16)23)11-14-4-2-1-3-5-14/h1-9,23H,10-12H2,(H,21,24). The zero-order valence-corrected chi connectivity index (χ0v) is 13.4. The molecule has 2 aromatic carbocycles. The molecular weight excluding hydrogens is 323 g/mol. The number of rotatable bonds is 5. The Hall–Kier alpha value is -3.15. The van der Waals surface area contributed by atoms with Crippen molar-refractivity contribution >= 4 is 11.8 Å². The van der Waals surface area contributed by atoms with Gasteiger partial charge in [0.15, 0.2) is 5.76 Å². The van der Waals surface area contributed by atoms with Crippen molar-refractivity contribution in [2.45, 2.75) is 13.1 Å². The van der Waals surface area contributed by atoms with Gasteiger partial charge in [0.05, 0.1) is 12.1 Å². The van der Waals surface area contributed by atoms with Crippen LogP contribution in [0.5, 0.6) is 0 Å². The molecule has 6 heteroatoms. The van der Waals surface area contributed by atoms with Crippen LogP contribution >= 0.6 is 0 Å². The maximum absolute atomic E-state index is 12.9. The number of halogens is 1. The SMILES string of the molecule is O=C(NCc1ccc(F)cc1)C1=C(O)C(=O)N(Cc2ccccc2)C1. The Balaban J connectivity index is 1.62. The monoisotopic (exact) mass is 340 g/mol. The van der Waals surface area contributed by atoms with E-state index in [4.69, 9.17) is 0 Å². The molecule has 0 unspecified atom stereocenters. The summed E-state index contributed by atoms with van der Waals surface area (Å²) >= 11 is 0. The lowest BCUT2D eigenvalue weighted by Gasteiger charge is -2.16. The van der Waals surface area contributed by atoms with E-state index in [0.29, 0.717) is 6.54 Å². The molecule has 0 radical (unpaired) electrons. The molecule has 1 aliphatic heterocycles. The van der Waals surface area contributed by atoms with Crippen LogP contribution < -0.4 is 5.32 Å². The van der Waals surface area contributed by atoms with Crippen molar-refractivity contribution in [3.8, 4) is 0 Å². The van der Waals surface area contributed by atoms with E-state index in [-0.39, 0.29) is 24.5 Å². The van der Waals surface area contributed by atoms with Crippen molar-refractivity contribution in [1.82, 2.24) is 10.2 Å². The second-order valence-corrected chi connectivity index (χ2v) is 5.78. The zero-order chi connectivity index (χ0) is 17.8. The number of carbonyl (C=O) groups is 2. The Labute approximate surface area is 144 Å². The number of nitrogens with one attached hydrogen (secondary N) is 1. The number of aliphatic hydroxyl groups is 1. The van der Waals surface area contributed by atoms with Gasteiger partial charge in [0.1, 0.15) is 5.82 Å². The molecule has 2 N–H and O–H groups in total. The molecule has 128 valence electrons. The van der Waals surface area contributed by atoms with Gasteiger partial charge in [0.2, 0.25) is 0 Å². The maximum Gasteiger partial charge on any atom is 0.289 e. The topological polar surface area (TPSA) is 69.6 Å². The van der Waals surface area contributed by atoms with Crippen molar-refractivity contribution in [2.24, 2.45) is 0 Å². The third-order valence-electron chi connectivity index (χ3n) is 3.98. The van der Waals surface area contributed by atoms with Crippen LogP contribution in [0, 0.1) is 5.82 Å². The predicted molar refractivity (Wildman–Crippen MR) is 89.8 cm³/mol. The summed E-state index contributed by atoms with van der Waals surface area (Å²) in [4.78, 5) is 25.8. The molecular formula is C19H17FN2O3. The van der Waals surface area contributed by atoms with Gasteiger partial charge in [0.25, 0.3) is 11.8 Å². The minimum atomic E-state index is -0.559. The lowest BCUT2D eigenvalue weighted by molar-refractivity contribution is -0.128. The van der Waals surface area contributed by atoms with Crippen LogP contribution in [0.3, 0.4) is 0 Å². The van der Waals surface area contributed by atoms with E-state index < -0.39 is 17.6 Å². The Bertz CT molecular complexity index is 816. The molecule has 25 heavy (non-hydrogen) atoms. The summed E-state index contributed by atoms with van der Waals surface area (Å²) in [5.41, 5.74) is 1.68. The van der Waals surface area contributed by atoms with Gasteiger partial charge in [-0.3, -0.25) is 9.59 Å². The average Bonchev–Trinajstić information content (AvgIpc) is 2.90. The summed E-state index contributed by atoms with van der Waals surface area (Å²) in [6.07, 6.45) is 0. The molecule has 0 fully saturated rings. The van der Waals surface area contributed by atoms with E-state index in [0.717, 1.165) is 11.1 Å². The fourth-order valence-electron chi connectivity index (χ4n) is 2.62. The quantitative estimate of drug-likeness (QED) is 0.877. The molecule has 0 aliphatic carbocycles. The smallest absolute Gasteiger partial charge is 0.289 e. The van der Waals surface area contributed by atoms with Crippen LogP contribution in [0.2, 0.25) is 0 Å². The predicted octanol–water partition coefficient (Wildman–Crippen LogP) is 2.30. The highest BCUT2D eigenvalue weighted by atomic mass is 19.1. The Kier molecular flexibility index (Phi) is 4.79. The van der Waals surface area contributed by atoms with Crippen LogP contribution in [0.4, 0.5) is 4.39 Å². The van der Waals surface area contributed by atoms with E-state index in [1.54, 1.807) is 12.1 Å². The van der Waals surface area contributed by atoms with E-state index in [1.807, 2.05) is 30.3 Å². The van der Waals surface area contributed by atoms with E-state index >= 15 is 0 Å². The molecule has 0 aromatic heterocycles. The molecule has 1 heterocycles. The second-order valence-electron chi connectivity index (χ2n) is 5.78. The van der Waals surface area contributed by atoms with E-state index in [1.165, 1.54) is 17.0 Å². The lowest BCUT2D eigenvalue weighted by Crippen LogP contribution is -2.29. The van der Waals surface area contributed by atoms with Crippen LogP contribution in [-0.2, 0) is 22.7 Å². The molecule has 0 atom stereocenters. The van der Waals surface area contributed by atoms with Gasteiger partial charge in [-0.05, 0) is 23.3 Å². The van der Waals surface area contributed by atoms with Crippen LogP contribution in [0.25, 0.3) is 0 Å². The fourth-order valence-corrected chi connectivity index (χ4v) is 2.62. The number of hydrogen-bond donors (Lipinski definition) is 2. The first-order valence-corrected chi connectivity index (χ1v) is 7.82. The largest absolute Gasteiger partial charge is 0.503 e. The molecule has 0 bridgehead atoms. The zero-order valence-electron chi connectivity index (χ0n) is 13.4. The number of carbonyl (C=O) groups excluding carboxylic acids is 2. The minimum Gasteiger partial charge on any atom is -0.503 e. The number of nitrogens with zero attached hydrogens (tertiary/aromatic N) is 1. The number of benzene rings is 2. The minimum absolute atomic E-state index is 0.0445.